The average Bonchev–Trinajstić information content (AvgIpc) is 2.73. The molecule has 2 rings (SSSR count). The van der Waals surface area contributed by atoms with Gasteiger partial charge in [-0.05, 0) is 31.5 Å². The summed E-state index contributed by atoms with van der Waals surface area (Å²) >= 11 is 0. The number of carbonyl (C=O) groups excluding carboxylic acids is 3. The molecule has 0 saturated heterocycles. The predicted octanol–water partition coefficient (Wildman–Crippen LogP) is 4.80. The largest absolute Gasteiger partial charge is 0.465 e. The zero-order valence-corrected chi connectivity index (χ0v) is 17.1. The minimum Gasteiger partial charge on any atom is -0.465 e. The number of alkyl halides is 3. The molecule has 0 saturated carbocycles. The first kappa shape index (κ1) is 24.1. The van der Waals surface area contributed by atoms with Crippen LogP contribution in [0.25, 0.3) is 0 Å². The molecule has 1 atom stereocenters. The number of hydrogen-bond donors (Lipinski definition) is 0. The third-order valence-corrected chi connectivity index (χ3v) is 4.65. The van der Waals surface area contributed by atoms with Crippen LogP contribution in [0.1, 0.15) is 47.7 Å². The number of halogens is 3. The van der Waals surface area contributed by atoms with Crippen molar-refractivity contribution in [2.75, 3.05) is 13.2 Å². The predicted molar refractivity (Wildman–Crippen MR) is 106 cm³/mol. The molecule has 0 heterocycles. The van der Waals surface area contributed by atoms with Crippen LogP contribution in [-0.4, -0.2) is 30.9 Å². The lowest BCUT2D eigenvalue weighted by Crippen LogP contribution is -2.34. The molecule has 8 heteroatoms. The maximum absolute atomic E-state index is 12.9. The second-order valence-corrected chi connectivity index (χ2v) is 6.70. The molecule has 0 aromatic heterocycles. The first-order chi connectivity index (χ1) is 14.7. The fourth-order valence-electron chi connectivity index (χ4n) is 3.18. The van der Waals surface area contributed by atoms with E-state index in [0.717, 1.165) is 24.3 Å². The van der Waals surface area contributed by atoms with Crippen LogP contribution in [-0.2, 0) is 25.2 Å². The highest BCUT2D eigenvalue weighted by molar-refractivity contribution is 6.00. The average molecular weight is 436 g/mol. The minimum absolute atomic E-state index is 0.0309. The molecule has 0 amide bonds. The van der Waals surface area contributed by atoms with E-state index in [-0.39, 0.29) is 25.2 Å². The van der Waals surface area contributed by atoms with Gasteiger partial charge in [-0.25, -0.2) is 0 Å². The van der Waals surface area contributed by atoms with E-state index in [2.05, 4.69) is 0 Å². The Morgan fingerprint density at radius 2 is 1.35 bits per heavy atom. The summed E-state index contributed by atoms with van der Waals surface area (Å²) in [5.74, 6) is -4.46. The molecule has 1 unspecified atom stereocenters. The normalized spacial score (nSPS) is 12.3. The highest BCUT2D eigenvalue weighted by Gasteiger charge is 2.39. The second kappa shape index (κ2) is 10.7. The summed E-state index contributed by atoms with van der Waals surface area (Å²) in [4.78, 5) is 38.0. The Labute approximate surface area is 178 Å². The smallest absolute Gasteiger partial charge is 0.416 e. The molecule has 0 spiro atoms. The van der Waals surface area contributed by atoms with Crippen molar-refractivity contribution in [2.45, 2.75) is 32.4 Å². The third kappa shape index (κ3) is 6.41. The molecule has 0 aliphatic carbocycles. The Morgan fingerprint density at radius 1 is 0.839 bits per heavy atom. The number of ketones is 1. The highest BCUT2D eigenvalue weighted by atomic mass is 19.4. The number of ether oxygens (including phenoxy) is 2. The van der Waals surface area contributed by atoms with Gasteiger partial charge in [0.15, 0.2) is 11.7 Å². The van der Waals surface area contributed by atoms with E-state index in [1.807, 2.05) is 0 Å². The SMILES string of the molecule is CCOC(=O)C(C(=O)OCC)C(CC(=O)c1ccc(C(F)(F)F)cc1)c1ccccc1. The van der Waals surface area contributed by atoms with Crippen molar-refractivity contribution in [3.63, 3.8) is 0 Å². The van der Waals surface area contributed by atoms with Crippen molar-refractivity contribution in [1.29, 1.82) is 0 Å². The van der Waals surface area contributed by atoms with E-state index < -0.39 is 41.3 Å². The Balaban J connectivity index is 2.40. The molecule has 5 nitrogen and oxygen atoms in total. The summed E-state index contributed by atoms with van der Waals surface area (Å²) in [7, 11) is 0. The lowest BCUT2D eigenvalue weighted by Gasteiger charge is -2.24. The van der Waals surface area contributed by atoms with Crippen LogP contribution in [0.3, 0.4) is 0 Å². The zero-order chi connectivity index (χ0) is 23.0. The number of benzene rings is 2. The monoisotopic (exact) mass is 436 g/mol. The Kier molecular flexibility index (Phi) is 8.36. The molecule has 166 valence electrons. The molecule has 0 N–H and O–H groups in total. The molecule has 0 bridgehead atoms. The van der Waals surface area contributed by atoms with Crippen LogP contribution >= 0.6 is 0 Å². The fourth-order valence-corrected chi connectivity index (χ4v) is 3.18. The van der Waals surface area contributed by atoms with Gasteiger partial charge in [-0.1, -0.05) is 42.5 Å². The lowest BCUT2D eigenvalue weighted by atomic mass is 9.81. The maximum Gasteiger partial charge on any atom is 0.416 e. The topological polar surface area (TPSA) is 69.7 Å². The van der Waals surface area contributed by atoms with E-state index in [0.29, 0.717) is 5.56 Å². The summed E-state index contributed by atoms with van der Waals surface area (Å²) in [6.45, 7) is 3.24. The van der Waals surface area contributed by atoms with Crippen molar-refractivity contribution in [3.8, 4) is 0 Å². The van der Waals surface area contributed by atoms with E-state index >= 15 is 0 Å². The van der Waals surface area contributed by atoms with Gasteiger partial charge in [-0.3, -0.25) is 14.4 Å². The van der Waals surface area contributed by atoms with Gasteiger partial charge in [0, 0.05) is 17.9 Å². The van der Waals surface area contributed by atoms with Gasteiger partial charge in [0.1, 0.15) is 0 Å². The summed E-state index contributed by atoms with van der Waals surface area (Å²) in [5, 5.41) is 0. The Bertz CT molecular complexity index is 874. The molecule has 0 aliphatic heterocycles. The molecular formula is C23H23F3O5. The Morgan fingerprint density at radius 3 is 1.81 bits per heavy atom. The van der Waals surface area contributed by atoms with E-state index in [1.54, 1.807) is 44.2 Å². The molecule has 0 fully saturated rings. The zero-order valence-electron chi connectivity index (χ0n) is 17.1. The molecule has 31 heavy (non-hydrogen) atoms. The summed E-state index contributed by atoms with van der Waals surface area (Å²) in [5.41, 5.74) is -0.297. The number of carbonyl (C=O) groups is 3. The number of rotatable bonds is 9. The van der Waals surface area contributed by atoms with Crippen LogP contribution in [0.2, 0.25) is 0 Å². The molecule has 2 aromatic rings. The first-order valence-electron chi connectivity index (χ1n) is 9.77. The maximum atomic E-state index is 12.9. The van der Waals surface area contributed by atoms with Crippen molar-refractivity contribution in [2.24, 2.45) is 5.92 Å². The summed E-state index contributed by atoms with van der Waals surface area (Å²) in [6.07, 6.45) is -4.81. The van der Waals surface area contributed by atoms with Gasteiger partial charge in [-0.15, -0.1) is 0 Å². The molecular weight excluding hydrogens is 413 g/mol. The van der Waals surface area contributed by atoms with Crippen molar-refractivity contribution < 1.29 is 37.0 Å². The van der Waals surface area contributed by atoms with Crippen LogP contribution in [0, 0.1) is 5.92 Å². The molecule has 2 aromatic carbocycles. The van der Waals surface area contributed by atoms with E-state index in [4.69, 9.17) is 9.47 Å². The fraction of sp³-hybridized carbons (Fsp3) is 0.348. The lowest BCUT2D eigenvalue weighted by molar-refractivity contribution is -0.162. The van der Waals surface area contributed by atoms with Gasteiger partial charge in [0.25, 0.3) is 0 Å². The highest BCUT2D eigenvalue weighted by Crippen LogP contribution is 2.33. The van der Waals surface area contributed by atoms with Crippen LogP contribution in [0.4, 0.5) is 13.2 Å². The quantitative estimate of drug-likeness (QED) is 0.321. The number of Topliss-reactive ketones (excluding diaryl/α,β-unsaturated/α-hetero) is 1. The Hall–Kier alpha value is -3.16. The van der Waals surface area contributed by atoms with Gasteiger partial charge in [0.05, 0.1) is 18.8 Å². The number of esters is 2. The van der Waals surface area contributed by atoms with E-state index in [9.17, 15) is 27.6 Å². The summed E-state index contributed by atoms with van der Waals surface area (Å²) in [6, 6.07) is 12.2. The van der Waals surface area contributed by atoms with Crippen molar-refractivity contribution in [3.05, 3.63) is 71.3 Å². The first-order valence-corrected chi connectivity index (χ1v) is 9.77. The molecule has 0 radical (unpaired) electrons. The van der Waals surface area contributed by atoms with E-state index in [1.165, 1.54) is 0 Å². The van der Waals surface area contributed by atoms with Crippen molar-refractivity contribution >= 4 is 17.7 Å². The van der Waals surface area contributed by atoms with Gasteiger partial charge in [-0.2, -0.15) is 13.2 Å². The minimum atomic E-state index is -4.52. The summed E-state index contributed by atoms with van der Waals surface area (Å²) < 4.78 is 48.5. The molecule has 0 aliphatic rings. The third-order valence-electron chi connectivity index (χ3n) is 4.65. The second-order valence-electron chi connectivity index (χ2n) is 6.70. The van der Waals surface area contributed by atoms with Crippen LogP contribution < -0.4 is 0 Å². The van der Waals surface area contributed by atoms with Crippen LogP contribution in [0.5, 0.6) is 0 Å². The van der Waals surface area contributed by atoms with Crippen molar-refractivity contribution in [1.82, 2.24) is 0 Å². The van der Waals surface area contributed by atoms with Gasteiger partial charge >= 0.3 is 18.1 Å². The standard InChI is InChI=1S/C23H23F3O5/c1-3-30-21(28)20(22(29)31-4-2)18(15-8-6-5-7-9-15)14-19(27)16-10-12-17(13-11-16)23(24,25)26/h5-13,18,20H,3-4,14H2,1-2H3. The number of hydrogen-bond acceptors (Lipinski definition) is 5. The van der Waals surface area contributed by atoms with Crippen LogP contribution in [0.15, 0.2) is 54.6 Å². The van der Waals surface area contributed by atoms with Gasteiger partial charge < -0.3 is 9.47 Å². The van der Waals surface area contributed by atoms with Gasteiger partial charge in [0.2, 0.25) is 0 Å².